The smallest absolute Gasteiger partial charge is 0.268 e. The summed E-state index contributed by atoms with van der Waals surface area (Å²) in [6, 6.07) is -0.848. The normalized spacial score (nSPS) is 14.8. The van der Waals surface area contributed by atoms with Crippen molar-refractivity contribution in [2.75, 3.05) is 40.9 Å². The van der Waals surface area contributed by atoms with Gasteiger partial charge in [-0.25, -0.2) is 0 Å². The number of aliphatic hydroxyl groups is 1. The summed E-state index contributed by atoms with van der Waals surface area (Å²) in [5.74, 6) is -0.230. The first-order valence-electron chi connectivity index (χ1n) is 24.1. The Labute approximate surface area is 364 Å². The molecule has 2 N–H and O–H groups in total. The molecule has 0 heterocycles. The first-order valence-corrected chi connectivity index (χ1v) is 25.6. The number of quaternary nitrogens is 1. The van der Waals surface area contributed by atoms with E-state index in [0.29, 0.717) is 23.9 Å². The highest BCUT2D eigenvalue weighted by Gasteiger charge is 2.24. The van der Waals surface area contributed by atoms with E-state index in [-0.39, 0.29) is 25.5 Å². The van der Waals surface area contributed by atoms with Gasteiger partial charge in [0, 0.05) is 6.42 Å². The van der Waals surface area contributed by atoms with Crippen LogP contribution in [0.1, 0.15) is 200 Å². The first kappa shape index (κ1) is 57.2. The average molecular weight is 849 g/mol. The Morgan fingerprint density at radius 3 is 1.44 bits per heavy atom. The third-order valence-electron chi connectivity index (χ3n) is 10.5. The van der Waals surface area contributed by atoms with Gasteiger partial charge in [-0.15, -0.1) is 0 Å². The van der Waals surface area contributed by atoms with E-state index in [1.165, 1.54) is 116 Å². The molecule has 0 spiro atoms. The Hall–Kier alpha value is -1.80. The van der Waals surface area contributed by atoms with Crippen LogP contribution < -0.4 is 10.2 Å². The number of hydrogen-bond acceptors (Lipinski definition) is 6. The van der Waals surface area contributed by atoms with Crippen LogP contribution in [0.4, 0.5) is 0 Å². The van der Waals surface area contributed by atoms with E-state index in [4.69, 9.17) is 9.05 Å². The van der Waals surface area contributed by atoms with Gasteiger partial charge in [0.15, 0.2) is 0 Å². The molecule has 0 fully saturated rings. The highest BCUT2D eigenvalue weighted by Crippen LogP contribution is 2.38. The second kappa shape index (κ2) is 41.5. The lowest BCUT2D eigenvalue weighted by atomic mass is 10.0. The molecule has 0 saturated heterocycles. The molecule has 0 aromatic rings. The molecule has 1 amide bonds. The Kier molecular flexibility index (Phi) is 40.3. The molecule has 1 unspecified atom stereocenters. The average Bonchev–Trinajstić information content (AvgIpc) is 3.19. The first-order chi connectivity index (χ1) is 28.5. The van der Waals surface area contributed by atoms with E-state index in [1.54, 1.807) is 0 Å². The molecule has 0 rings (SSSR count). The predicted molar refractivity (Wildman–Crippen MR) is 251 cm³/mol. The van der Waals surface area contributed by atoms with Crippen molar-refractivity contribution in [2.24, 2.45) is 0 Å². The van der Waals surface area contributed by atoms with Gasteiger partial charge in [-0.2, -0.15) is 0 Å². The SMILES string of the molecule is CCCCCCCCC/C=C/C/C=C/C/C=C/C/C=C/CCCC(=O)N[C@@H](COP(=O)([O-])OCC[N+](C)(C)C)[C@H](O)CCCC/C=C/CCCCCCCCCCCC. The van der Waals surface area contributed by atoms with Gasteiger partial charge in [0.1, 0.15) is 13.2 Å². The van der Waals surface area contributed by atoms with Crippen molar-refractivity contribution in [3.05, 3.63) is 60.8 Å². The molecular weight excluding hydrogens is 756 g/mol. The van der Waals surface area contributed by atoms with Crippen molar-refractivity contribution in [3.63, 3.8) is 0 Å². The zero-order valence-corrected chi connectivity index (χ0v) is 39.8. The molecule has 0 aromatic heterocycles. The summed E-state index contributed by atoms with van der Waals surface area (Å²) in [7, 11) is 1.25. The van der Waals surface area contributed by atoms with Crippen LogP contribution >= 0.6 is 7.82 Å². The Morgan fingerprint density at radius 1 is 0.593 bits per heavy atom. The minimum absolute atomic E-state index is 0.00574. The summed E-state index contributed by atoms with van der Waals surface area (Å²) < 4.78 is 23.2. The van der Waals surface area contributed by atoms with Crippen molar-refractivity contribution in [1.82, 2.24) is 5.32 Å². The number of nitrogens with zero attached hydrogens (tertiary/aromatic N) is 1. The van der Waals surface area contributed by atoms with Gasteiger partial charge in [-0.3, -0.25) is 9.36 Å². The number of phosphoric acid groups is 1. The number of carbonyl (C=O) groups excluding carboxylic acids is 1. The number of nitrogens with one attached hydrogen (secondary N) is 1. The standard InChI is InChI=1S/C50H93N2O6P/c1-6-8-10-12-14-16-18-20-22-24-25-26-27-28-30-32-34-36-38-40-42-44-50(54)51-48(47-58-59(55,56)57-46-45-52(3,4)5)49(53)43-41-39-37-35-33-31-29-23-21-19-17-15-13-11-9-7-2/h22,24,26-27,30,32-33,35-36,38,48-49,53H,6-21,23,25,28-29,31,34,37,39-47H2,1-5H3,(H-,51,54,55,56)/b24-22+,27-26+,32-30+,35-33+,38-36+/t48-,49+/m0/s1. The van der Waals surface area contributed by atoms with Crippen LogP contribution in [-0.4, -0.2) is 68.5 Å². The molecule has 9 heteroatoms. The summed E-state index contributed by atoms with van der Waals surface area (Å²) >= 11 is 0. The van der Waals surface area contributed by atoms with Crippen LogP contribution in [0.15, 0.2) is 60.8 Å². The molecule has 0 saturated carbocycles. The Morgan fingerprint density at radius 2 is 0.983 bits per heavy atom. The van der Waals surface area contributed by atoms with E-state index in [9.17, 15) is 19.4 Å². The molecule has 344 valence electrons. The van der Waals surface area contributed by atoms with Crippen molar-refractivity contribution < 1.29 is 32.9 Å². The summed E-state index contributed by atoms with van der Waals surface area (Å²) in [6.45, 7) is 4.65. The van der Waals surface area contributed by atoms with Crippen molar-refractivity contribution in [2.45, 2.75) is 212 Å². The van der Waals surface area contributed by atoms with Gasteiger partial charge in [-0.1, -0.05) is 177 Å². The fraction of sp³-hybridized carbons (Fsp3) is 0.780. The maximum absolute atomic E-state index is 12.9. The van der Waals surface area contributed by atoms with E-state index >= 15 is 0 Å². The number of amides is 1. The third kappa shape index (κ3) is 44.1. The fourth-order valence-electron chi connectivity index (χ4n) is 6.61. The second-order valence-corrected chi connectivity index (χ2v) is 18.9. The number of unbranched alkanes of at least 4 members (excludes halogenated alkanes) is 20. The van der Waals surface area contributed by atoms with Crippen molar-refractivity contribution in [3.8, 4) is 0 Å². The monoisotopic (exact) mass is 849 g/mol. The molecule has 8 nitrogen and oxygen atoms in total. The molecule has 3 atom stereocenters. The van der Waals surface area contributed by atoms with E-state index in [2.05, 4.69) is 79.9 Å². The topological polar surface area (TPSA) is 108 Å². The number of aliphatic hydroxyl groups excluding tert-OH is 1. The van der Waals surface area contributed by atoms with Gasteiger partial charge >= 0.3 is 0 Å². The third-order valence-corrected chi connectivity index (χ3v) is 11.4. The molecule has 0 aliphatic rings. The molecule has 0 radical (unpaired) electrons. The van der Waals surface area contributed by atoms with Crippen LogP contribution in [-0.2, 0) is 18.4 Å². The largest absolute Gasteiger partial charge is 0.756 e. The van der Waals surface area contributed by atoms with Gasteiger partial charge in [-0.05, 0) is 77.0 Å². The van der Waals surface area contributed by atoms with Gasteiger partial charge < -0.3 is 28.8 Å². The van der Waals surface area contributed by atoms with E-state index in [0.717, 1.165) is 51.4 Å². The minimum atomic E-state index is -4.59. The lowest BCUT2D eigenvalue weighted by Gasteiger charge is -2.30. The molecule has 0 aromatic carbocycles. The summed E-state index contributed by atoms with van der Waals surface area (Å²) in [5.41, 5.74) is 0. The van der Waals surface area contributed by atoms with Crippen LogP contribution in [0.3, 0.4) is 0 Å². The second-order valence-electron chi connectivity index (χ2n) is 17.5. The van der Waals surface area contributed by atoms with E-state index in [1.807, 2.05) is 21.1 Å². The molecular formula is C50H93N2O6P. The van der Waals surface area contributed by atoms with E-state index < -0.39 is 20.0 Å². The van der Waals surface area contributed by atoms with Gasteiger partial charge in [0.2, 0.25) is 5.91 Å². The maximum atomic E-state index is 12.9. The lowest BCUT2D eigenvalue weighted by Crippen LogP contribution is -2.46. The van der Waals surface area contributed by atoms with Crippen LogP contribution in [0.5, 0.6) is 0 Å². The quantitative estimate of drug-likeness (QED) is 0.0274. The summed E-state index contributed by atoms with van der Waals surface area (Å²) in [6.07, 6.45) is 53.9. The number of rotatable bonds is 43. The minimum Gasteiger partial charge on any atom is -0.756 e. The van der Waals surface area contributed by atoms with Crippen LogP contribution in [0.2, 0.25) is 0 Å². The Balaban J connectivity index is 4.47. The predicted octanol–water partition coefficient (Wildman–Crippen LogP) is 13.2. The highest BCUT2D eigenvalue weighted by molar-refractivity contribution is 7.45. The van der Waals surface area contributed by atoms with Gasteiger partial charge in [0.25, 0.3) is 7.82 Å². The zero-order valence-electron chi connectivity index (χ0n) is 38.9. The maximum Gasteiger partial charge on any atom is 0.268 e. The van der Waals surface area contributed by atoms with Crippen molar-refractivity contribution in [1.29, 1.82) is 0 Å². The number of phosphoric ester groups is 1. The summed E-state index contributed by atoms with van der Waals surface area (Å²) in [4.78, 5) is 25.4. The molecule has 59 heavy (non-hydrogen) atoms. The Bertz CT molecular complexity index is 1140. The highest BCUT2D eigenvalue weighted by atomic mass is 31.2. The van der Waals surface area contributed by atoms with Crippen molar-refractivity contribution >= 4 is 13.7 Å². The number of carbonyl (C=O) groups is 1. The molecule has 0 aliphatic heterocycles. The molecule has 0 bridgehead atoms. The van der Waals surface area contributed by atoms with Crippen LogP contribution in [0, 0.1) is 0 Å². The summed E-state index contributed by atoms with van der Waals surface area (Å²) in [5, 5.41) is 13.9. The molecule has 0 aliphatic carbocycles. The number of hydrogen-bond donors (Lipinski definition) is 2. The van der Waals surface area contributed by atoms with Gasteiger partial charge in [0.05, 0.1) is 39.9 Å². The zero-order chi connectivity index (χ0) is 43.6. The lowest BCUT2D eigenvalue weighted by molar-refractivity contribution is -0.870. The van der Waals surface area contributed by atoms with Crippen LogP contribution in [0.25, 0.3) is 0 Å². The fourth-order valence-corrected chi connectivity index (χ4v) is 7.34. The number of likely N-dealkylation sites (N-methyl/N-ethyl adjacent to an activating group) is 1. The number of allylic oxidation sites excluding steroid dienone is 10.